The number of anilines is 1. The minimum absolute atomic E-state index is 0.0402. The molecule has 1 aromatic rings. The lowest BCUT2D eigenvalue weighted by molar-refractivity contribution is -0.140. The van der Waals surface area contributed by atoms with Crippen LogP contribution in [0.3, 0.4) is 0 Å². The van der Waals surface area contributed by atoms with Gasteiger partial charge in [0, 0.05) is 25.0 Å². The molecule has 0 aromatic heterocycles. The minimum atomic E-state index is -0.631. The Morgan fingerprint density at radius 2 is 1.90 bits per heavy atom. The Morgan fingerprint density at radius 1 is 1.23 bits per heavy atom. The average molecular weight is 418 g/mol. The van der Waals surface area contributed by atoms with E-state index in [1.54, 1.807) is 36.1 Å². The van der Waals surface area contributed by atoms with E-state index in [4.69, 9.17) is 9.47 Å². The second-order valence-electron chi connectivity index (χ2n) is 7.63. The molecule has 0 fully saturated rings. The van der Waals surface area contributed by atoms with Crippen LogP contribution < -0.4 is 10.6 Å². The standard InChI is InChI=1S/C22H31N3O5/c1-6-11-25-15(4)19(21(27)30-12-14(2)3)20(24-22(25)28)16-7-9-17(10-8-16)23-18(26)13-29-5/h7-10,14,20H,6,11-13H2,1-5H3,(H,23,26)(H,24,28). The van der Waals surface area contributed by atoms with Crippen molar-refractivity contribution in [3.8, 4) is 0 Å². The first-order chi connectivity index (χ1) is 14.3. The predicted octanol–water partition coefficient (Wildman–Crippen LogP) is 3.22. The van der Waals surface area contributed by atoms with E-state index < -0.39 is 12.0 Å². The summed E-state index contributed by atoms with van der Waals surface area (Å²) in [6, 6.07) is 6.10. The van der Waals surface area contributed by atoms with Gasteiger partial charge in [-0.15, -0.1) is 0 Å². The number of nitrogens with one attached hydrogen (secondary N) is 2. The van der Waals surface area contributed by atoms with Crippen LogP contribution in [0.1, 0.15) is 45.7 Å². The Bertz CT molecular complexity index is 801. The quantitative estimate of drug-likeness (QED) is 0.602. The third-order valence-corrected chi connectivity index (χ3v) is 4.61. The van der Waals surface area contributed by atoms with Crippen molar-refractivity contribution >= 4 is 23.6 Å². The highest BCUT2D eigenvalue weighted by molar-refractivity contribution is 5.95. The Balaban J connectivity index is 2.34. The van der Waals surface area contributed by atoms with Gasteiger partial charge in [-0.1, -0.05) is 32.9 Å². The number of esters is 1. The van der Waals surface area contributed by atoms with E-state index in [0.717, 1.165) is 12.0 Å². The minimum Gasteiger partial charge on any atom is -0.462 e. The fraction of sp³-hybridized carbons (Fsp3) is 0.500. The Labute approximate surface area is 177 Å². The lowest BCUT2D eigenvalue weighted by Gasteiger charge is -2.35. The van der Waals surface area contributed by atoms with Crippen LogP contribution in [-0.2, 0) is 19.1 Å². The molecule has 1 aliphatic heterocycles. The molecule has 2 rings (SSSR count). The summed E-state index contributed by atoms with van der Waals surface area (Å²) in [6.07, 6.45) is 0.764. The highest BCUT2D eigenvalue weighted by atomic mass is 16.5. The Morgan fingerprint density at radius 3 is 2.47 bits per heavy atom. The van der Waals surface area contributed by atoms with Crippen LogP contribution in [0.25, 0.3) is 0 Å². The number of benzene rings is 1. The molecule has 1 atom stereocenters. The molecule has 0 radical (unpaired) electrons. The van der Waals surface area contributed by atoms with Gasteiger partial charge < -0.3 is 20.1 Å². The van der Waals surface area contributed by atoms with Crippen LogP contribution in [0.4, 0.5) is 10.5 Å². The number of amides is 3. The van der Waals surface area contributed by atoms with E-state index in [-0.39, 0.29) is 24.5 Å². The second kappa shape index (κ2) is 10.8. The van der Waals surface area contributed by atoms with E-state index in [9.17, 15) is 14.4 Å². The molecule has 1 heterocycles. The topological polar surface area (TPSA) is 97.0 Å². The number of carbonyl (C=O) groups is 3. The van der Waals surface area contributed by atoms with E-state index in [1.807, 2.05) is 20.8 Å². The zero-order valence-electron chi connectivity index (χ0n) is 18.3. The molecular weight excluding hydrogens is 386 g/mol. The molecular formula is C22H31N3O5. The predicted molar refractivity (Wildman–Crippen MR) is 114 cm³/mol. The fourth-order valence-corrected chi connectivity index (χ4v) is 3.20. The van der Waals surface area contributed by atoms with Crippen LogP contribution in [0.15, 0.2) is 35.5 Å². The van der Waals surface area contributed by atoms with Crippen molar-refractivity contribution in [1.82, 2.24) is 10.2 Å². The van der Waals surface area contributed by atoms with Crippen LogP contribution in [0, 0.1) is 5.92 Å². The fourth-order valence-electron chi connectivity index (χ4n) is 3.20. The lowest BCUT2D eigenvalue weighted by Crippen LogP contribution is -2.48. The van der Waals surface area contributed by atoms with Gasteiger partial charge in [-0.05, 0) is 37.0 Å². The average Bonchev–Trinajstić information content (AvgIpc) is 2.69. The number of nitrogens with zero attached hydrogens (tertiary/aromatic N) is 1. The van der Waals surface area contributed by atoms with Crippen LogP contribution in [-0.4, -0.2) is 49.7 Å². The molecule has 1 unspecified atom stereocenters. The van der Waals surface area contributed by atoms with Gasteiger partial charge in [-0.25, -0.2) is 9.59 Å². The molecule has 164 valence electrons. The highest BCUT2D eigenvalue weighted by Crippen LogP contribution is 2.32. The van der Waals surface area contributed by atoms with Gasteiger partial charge in [-0.3, -0.25) is 9.69 Å². The number of ether oxygens (including phenoxy) is 2. The number of hydrogen-bond acceptors (Lipinski definition) is 5. The van der Waals surface area contributed by atoms with Crippen molar-refractivity contribution in [3.63, 3.8) is 0 Å². The van der Waals surface area contributed by atoms with Gasteiger partial charge in [0.1, 0.15) is 6.61 Å². The molecule has 1 aliphatic rings. The molecule has 0 saturated heterocycles. The van der Waals surface area contributed by atoms with Crippen molar-refractivity contribution < 1.29 is 23.9 Å². The number of urea groups is 1. The lowest BCUT2D eigenvalue weighted by atomic mass is 9.94. The van der Waals surface area contributed by atoms with Crippen molar-refractivity contribution in [2.75, 3.05) is 32.2 Å². The van der Waals surface area contributed by atoms with Gasteiger partial charge in [0.05, 0.1) is 18.2 Å². The number of carbonyl (C=O) groups excluding carboxylic acids is 3. The molecule has 1 aromatic carbocycles. The van der Waals surface area contributed by atoms with Gasteiger partial charge in [-0.2, -0.15) is 0 Å². The molecule has 2 N–H and O–H groups in total. The monoisotopic (exact) mass is 417 g/mol. The molecule has 8 heteroatoms. The zero-order chi connectivity index (χ0) is 22.3. The molecule has 8 nitrogen and oxygen atoms in total. The number of rotatable bonds is 9. The van der Waals surface area contributed by atoms with Gasteiger partial charge in [0.15, 0.2) is 0 Å². The zero-order valence-corrected chi connectivity index (χ0v) is 18.3. The normalized spacial score (nSPS) is 16.5. The first-order valence-corrected chi connectivity index (χ1v) is 10.1. The van der Waals surface area contributed by atoms with E-state index in [0.29, 0.717) is 30.1 Å². The largest absolute Gasteiger partial charge is 0.462 e. The maximum absolute atomic E-state index is 12.9. The molecule has 3 amide bonds. The summed E-state index contributed by atoms with van der Waals surface area (Å²) >= 11 is 0. The Hall–Kier alpha value is -2.87. The molecule has 0 saturated carbocycles. The maximum atomic E-state index is 12.9. The summed E-state index contributed by atoms with van der Waals surface area (Å²) in [6.45, 7) is 8.45. The molecule has 0 spiro atoms. The van der Waals surface area contributed by atoms with Crippen LogP contribution >= 0.6 is 0 Å². The summed E-state index contributed by atoms with van der Waals surface area (Å²) in [4.78, 5) is 38.8. The molecule has 0 aliphatic carbocycles. The summed E-state index contributed by atoms with van der Waals surface area (Å²) in [5, 5.41) is 5.64. The van der Waals surface area contributed by atoms with Crippen LogP contribution in [0.2, 0.25) is 0 Å². The second-order valence-corrected chi connectivity index (χ2v) is 7.63. The maximum Gasteiger partial charge on any atom is 0.338 e. The summed E-state index contributed by atoms with van der Waals surface area (Å²) in [7, 11) is 1.45. The van der Waals surface area contributed by atoms with E-state index in [2.05, 4.69) is 10.6 Å². The first kappa shape index (κ1) is 23.4. The van der Waals surface area contributed by atoms with Crippen molar-refractivity contribution in [1.29, 1.82) is 0 Å². The number of methoxy groups -OCH3 is 1. The number of hydrogen-bond donors (Lipinski definition) is 2. The summed E-state index contributed by atoms with van der Waals surface area (Å²) in [5.74, 6) is -0.502. The molecule has 30 heavy (non-hydrogen) atoms. The Kier molecular flexibility index (Phi) is 8.41. The van der Waals surface area contributed by atoms with Crippen LogP contribution in [0.5, 0.6) is 0 Å². The van der Waals surface area contributed by atoms with E-state index >= 15 is 0 Å². The summed E-state index contributed by atoms with van der Waals surface area (Å²) < 4.78 is 10.3. The summed E-state index contributed by atoms with van der Waals surface area (Å²) in [5.41, 5.74) is 2.33. The third-order valence-electron chi connectivity index (χ3n) is 4.61. The van der Waals surface area contributed by atoms with Gasteiger partial charge >= 0.3 is 12.0 Å². The van der Waals surface area contributed by atoms with Crippen molar-refractivity contribution in [2.45, 2.75) is 40.2 Å². The highest BCUT2D eigenvalue weighted by Gasteiger charge is 2.36. The third kappa shape index (κ3) is 5.82. The van der Waals surface area contributed by atoms with Crippen molar-refractivity contribution in [2.24, 2.45) is 5.92 Å². The van der Waals surface area contributed by atoms with E-state index in [1.165, 1.54) is 7.11 Å². The van der Waals surface area contributed by atoms with Gasteiger partial charge in [0.25, 0.3) is 0 Å². The van der Waals surface area contributed by atoms with Gasteiger partial charge in [0.2, 0.25) is 5.91 Å². The first-order valence-electron chi connectivity index (χ1n) is 10.1. The molecule has 0 bridgehead atoms. The smallest absolute Gasteiger partial charge is 0.338 e. The van der Waals surface area contributed by atoms with Crippen molar-refractivity contribution in [3.05, 3.63) is 41.1 Å². The SMILES string of the molecule is CCCN1C(=O)NC(c2ccc(NC(=O)COC)cc2)C(C(=O)OCC(C)C)=C1C. The number of allylic oxidation sites excluding steroid dienone is 1.